The lowest BCUT2D eigenvalue weighted by atomic mass is 10.1. The minimum atomic E-state index is -1.32. The number of aliphatic carboxylic acids is 1. The van der Waals surface area contributed by atoms with E-state index in [9.17, 15) is 4.79 Å². The SMILES string of the molecule is COc1cc(Cl)ccc1OC(C)(C)C(=O)O. The zero-order valence-electron chi connectivity index (χ0n) is 9.28. The van der Waals surface area contributed by atoms with Crippen molar-refractivity contribution in [2.45, 2.75) is 19.4 Å². The fourth-order valence-corrected chi connectivity index (χ4v) is 1.21. The Balaban J connectivity index is 3.01. The molecule has 88 valence electrons. The highest BCUT2D eigenvalue weighted by Crippen LogP contribution is 2.32. The van der Waals surface area contributed by atoms with Crippen LogP contribution in [0.15, 0.2) is 18.2 Å². The van der Waals surface area contributed by atoms with Crippen molar-refractivity contribution < 1.29 is 19.4 Å². The first-order valence-corrected chi connectivity index (χ1v) is 5.00. The summed E-state index contributed by atoms with van der Waals surface area (Å²) in [7, 11) is 1.46. The molecule has 0 aliphatic carbocycles. The standard InChI is InChI=1S/C11H13ClO4/c1-11(2,10(13)14)16-8-5-4-7(12)6-9(8)15-3/h4-6H,1-3H3,(H,13,14). The Labute approximate surface area is 98.7 Å². The molecule has 0 heterocycles. The van der Waals surface area contributed by atoms with E-state index in [4.69, 9.17) is 26.2 Å². The predicted octanol–water partition coefficient (Wildman–Crippen LogP) is 2.59. The molecular formula is C11H13ClO4. The summed E-state index contributed by atoms with van der Waals surface area (Å²) in [5.74, 6) is -0.300. The van der Waals surface area contributed by atoms with Gasteiger partial charge in [0.1, 0.15) is 0 Å². The van der Waals surface area contributed by atoms with Crippen LogP contribution in [0.4, 0.5) is 0 Å². The number of hydrogen-bond acceptors (Lipinski definition) is 3. The van der Waals surface area contributed by atoms with Crippen LogP contribution in [0, 0.1) is 0 Å². The second kappa shape index (κ2) is 4.61. The second-order valence-corrected chi connectivity index (χ2v) is 4.15. The molecule has 16 heavy (non-hydrogen) atoms. The Bertz CT molecular complexity index is 401. The van der Waals surface area contributed by atoms with Gasteiger partial charge in [-0.25, -0.2) is 4.79 Å². The van der Waals surface area contributed by atoms with Crippen molar-refractivity contribution in [3.05, 3.63) is 23.2 Å². The van der Waals surface area contributed by atoms with E-state index in [1.54, 1.807) is 18.2 Å². The van der Waals surface area contributed by atoms with Crippen LogP contribution in [-0.4, -0.2) is 23.8 Å². The Morgan fingerprint density at radius 1 is 1.38 bits per heavy atom. The summed E-state index contributed by atoms with van der Waals surface area (Å²) in [6, 6.07) is 4.75. The van der Waals surface area contributed by atoms with Crippen molar-refractivity contribution in [1.82, 2.24) is 0 Å². The van der Waals surface area contributed by atoms with Gasteiger partial charge in [0.25, 0.3) is 0 Å². The molecule has 4 nitrogen and oxygen atoms in total. The number of methoxy groups -OCH3 is 1. The maximum absolute atomic E-state index is 10.9. The van der Waals surface area contributed by atoms with Gasteiger partial charge >= 0.3 is 5.97 Å². The average Bonchev–Trinajstić information content (AvgIpc) is 2.20. The van der Waals surface area contributed by atoms with E-state index >= 15 is 0 Å². The lowest BCUT2D eigenvalue weighted by Crippen LogP contribution is -2.37. The molecule has 0 saturated carbocycles. The first kappa shape index (κ1) is 12.6. The molecule has 0 radical (unpaired) electrons. The molecule has 0 spiro atoms. The Kier molecular flexibility index (Phi) is 3.65. The largest absolute Gasteiger partial charge is 0.493 e. The number of carboxylic acid groups (broad SMARTS) is 1. The minimum absolute atomic E-state index is 0.347. The molecule has 1 rings (SSSR count). The van der Waals surface area contributed by atoms with Crippen molar-refractivity contribution in [3.8, 4) is 11.5 Å². The Morgan fingerprint density at radius 2 is 2.00 bits per heavy atom. The van der Waals surface area contributed by atoms with Crippen molar-refractivity contribution in [2.75, 3.05) is 7.11 Å². The number of carboxylic acids is 1. The van der Waals surface area contributed by atoms with Crippen LogP contribution in [0.3, 0.4) is 0 Å². The highest BCUT2D eigenvalue weighted by atomic mass is 35.5. The summed E-state index contributed by atoms with van der Waals surface area (Å²) in [5.41, 5.74) is -1.32. The van der Waals surface area contributed by atoms with Gasteiger partial charge < -0.3 is 14.6 Å². The van der Waals surface area contributed by atoms with Crippen LogP contribution in [0.2, 0.25) is 5.02 Å². The third-order valence-corrected chi connectivity index (χ3v) is 2.24. The molecular weight excluding hydrogens is 232 g/mol. The first-order chi connectivity index (χ1) is 7.36. The van der Waals surface area contributed by atoms with E-state index < -0.39 is 11.6 Å². The predicted molar refractivity (Wildman–Crippen MR) is 60.3 cm³/mol. The average molecular weight is 245 g/mol. The van der Waals surface area contributed by atoms with E-state index in [0.29, 0.717) is 16.5 Å². The van der Waals surface area contributed by atoms with Crippen LogP contribution in [0.25, 0.3) is 0 Å². The van der Waals surface area contributed by atoms with E-state index in [-0.39, 0.29) is 0 Å². The number of halogens is 1. The van der Waals surface area contributed by atoms with E-state index in [2.05, 4.69) is 0 Å². The topological polar surface area (TPSA) is 55.8 Å². The number of carbonyl (C=O) groups is 1. The highest BCUT2D eigenvalue weighted by molar-refractivity contribution is 6.30. The summed E-state index contributed by atoms with van der Waals surface area (Å²) in [5, 5.41) is 9.43. The van der Waals surface area contributed by atoms with Gasteiger partial charge in [-0.05, 0) is 26.0 Å². The maximum Gasteiger partial charge on any atom is 0.347 e. The van der Waals surface area contributed by atoms with Gasteiger partial charge in [0.05, 0.1) is 7.11 Å². The number of ether oxygens (including phenoxy) is 2. The van der Waals surface area contributed by atoms with E-state index in [0.717, 1.165) is 0 Å². The smallest absolute Gasteiger partial charge is 0.347 e. The molecule has 0 amide bonds. The quantitative estimate of drug-likeness (QED) is 0.885. The number of hydrogen-bond donors (Lipinski definition) is 1. The molecule has 0 aromatic heterocycles. The molecule has 5 heteroatoms. The molecule has 0 saturated heterocycles. The molecule has 0 fully saturated rings. The van der Waals surface area contributed by atoms with Crippen LogP contribution < -0.4 is 9.47 Å². The zero-order chi connectivity index (χ0) is 12.3. The molecule has 0 atom stereocenters. The number of benzene rings is 1. The molecule has 0 unspecified atom stereocenters. The summed E-state index contributed by atoms with van der Waals surface area (Å²) in [4.78, 5) is 10.9. The van der Waals surface area contributed by atoms with Crippen molar-refractivity contribution in [3.63, 3.8) is 0 Å². The van der Waals surface area contributed by atoms with Crippen LogP contribution in [0.5, 0.6) is 11.5 Å². The normalized spacial score (nSPS) is 11.0. The van der Waals surface area contributed by atoms with Gasteiger partial charge in [0.15, 0.2) is 17.1 Å². The summed E-state index contributed by atoms with van der Waals surface area (Å²) in [6.45, 7) is 2.92. The molecule has 1 N–H and O–H groups in total. The first-order valence-electron chi connectivity index (χ1n) is 4.63. The van der Waals surface area contributed by atoms with Gasteiger partial charge in [-0.1, -0.05) is 11.6 Å². The lowest BCUT2D eigenvalue weighted by molar-refractivity contribution is -0.152. The summed E-state index contributed by atoms with van der Waals surface area (Å²) < 4.78 is 10.4. The Hall–Kier alpha value is -1.42. The van der Waals surface area contributed by atoms with Crippen LogP contribution >= 0.6 is 11.6 Å². The molecule has 0 bridgehead atoms. The highest BCUT2D eigenvalue weighted by Gasteiger charge is 2.30. The van der Waals surface area contributed by atoms with E-state index in [1.807, 2.05) is 0 Å². The molecule has 1 aromatic rings. The molecule has 0 aliphatic rings. The summed E-state index contributed by atoms with van der Waals surface area (Å²) in [6.07, 6.45) is 0. The van der Waals surface area contributed by atoms with Crippen LogP contribution in [-0.2, 0) is 4.79 Å². The fourth-order valence-electron chi connectivity index (χ4n) is 1.04. The van der Waals surface area contributed by atoms with Gasteiger partial charge in [0, 0.05) is 11.1 Å². The minimum Gasteiger partial charge on any atom is -0.493 e. The lowest BCUT2D eigenvalue weighted by Gasteiger charge is -2.22. The molecule has 1 aromatic carbocycles. The maximum atomic E-state index is 10.9. The number of rotatable bonds is 4. The summed E-state index contributed by atoms with van der Waals surface area (Å²) >= 11 is 5.78. The van der Waals surface area contributed by atoms with Crippen LogP contribution in [0.1, 0.15) is 13.8 Å². The van der Waals surface area contributed by atoms with Crippen molar-refractivity contribution >= 4 is 17.6 Å². The van der Waals surface area contributed by atoms with E-state index in [1.165, 1.54) is 21.0 Å². The van der Waals surface area contributed by atoms with Gasteiger partial charge in [0.2, 0.25) is 0 Å². The third-order valence-electron chi connectivity index (χ3n) is 2.01. The van der Waals surface area contributed by atoms with Crippen molar-refractivity contribution in [2.24, 2.45) is 0 Å². The fraction of sp³-hybridized carbons (Fsp3) is 0.364. The van der Waals surface area contributed by atoms with Gasteiger partial charge in [-0.2, -0.15) is 0 Å². The third kappa shape index (κ3) is 2.79. The second-order valence-electron chi connectivity index (χ2n) is 3.71. The Morgan fingerprint density at radius 3 is 2.50 bits per heavy atom. The molecule has 0 aliphatic heterocycles. The van der Waals surface area contributed by atoms with Gasteiger partial charge in [-0.3, -0.25) is 0 Å². The monoisotopic (exact) mass is 244 g/mol. The zero-order valence-corrected chi connectivity index (χ0v) is 10.0. The van der Waals surface area contributed by atoms with Gasteiger partial charge in [-0.15, -0.1) is 0 Å². The van der Waals surface area contributed by atoms with Crippen molar-refractivity contribution in [1.29, 1.82) is 0 Å².